The first-order chi connectivity index (χ1) is 11.3. The molecular weight excluding hydrogens is 310 g/mol. The van der Waals surface area contributed by atoms with Crippen molar-refractivity contribution in [2.45, 2.75) is 20.3 Å². The lowest BCUT2D eigenvalue weighted by Crippen LogP contribution is -2.42. The molecule has 1 N–H and O–H groups in total. The lowest BCUT2D eigenvalue weighted by molar-refractivity contribution is -0.150. The zero-order valence-corrected chi connectivity index (χ0v) is 14.3. The normalized spacial score (nSPS) is 23.2. The van der Waals surface area contributed by atoms with Crippen LogP contribution in [0.1, 0.15) is 25.0 Å². The van der Waals surface area contributed by atoms with E-state index in [1.165, 1.54) is 0 Å². The smallest absolute Gasteiger partial charge is 0.307 e. The van der Waals surface area contributed by atoms with Crippen molar-refractivity contribution in [3.63, 3.8) is 0 Å². The van der Waals surface area contributed by atoms with Gasteiger partial charge in [0.15, 0.2) is 11.5 Å². The van der Waals surface area contributed by atoms with Gasteiger partial charge in [-0.25, -0.2) is 0 Å². The van der Waals surface area contributed by atoms with Crippen molar-refractivity contribution >= 4 is 17.6 Å². The van der Waals surface area contributed by atoms with Crippen LogP contribution >= 0.6 is 0 Å². The van der Waals surface area contributed by atoms with Crippen LogP contribution < -0.4 is 9.47 Å². The van der Waals surface area contributed by atoms with Crippen molar-refractivity contribution in [2.24, 2.45) is 11.3 Å². The number of methoxy groups -OCH3 is 2. The van der Waals surface area contributed by atoms with Crippen molar-refractivity contribution in [1.29, 1.82) is 0 Å². The Labute approximate surface area is 140 Å². The molecule has 0 saturated carbocycles. The van der Waals surface area contributed by atoms with E-state index in [9.17, 15) is 14.7 Å². The Balaban J connectivity index is 2.13. The summed E-state index contributed by atoms with van der Waals surface area (Å²) in [6.45, 7) is 3.81. The van der Waals surface area contributed by atoms with Gasteiger partial charge >= 0.3 is 5.97 Å². The van der Waals surface area contributed by atoms with Gasteiger partial charge in [0.1, 0.15) is 0 Å². The second kappa shape index (κ2) is 5.54. The van der Waals surface area contributed by atoms with Gasteiger partial charge in [-0.05, 0) is 37.1 Å². The fourth-order valence-corrected chi connectivity index (χ4v) is 3.43. The fourth-order valence-electron chi connectivity index (χ4n) is 3.43. The summed E-state index contributed by atoms with van der Waals surface area (Å²) in [5.74, 6) is -0.697. The first kappa shape index (κ1) is 16.4. The Morgan fingerprint density at radius 1 is 1.29 bits per heavy atom. The Hall–Kier alpha value is -2.50. The highest BCUT2D eigenvalue weighted by atomic mass is 16.5. The van der Waals surface area contributed by atoms with E-state index in [-0.39, 0.29) is 5.91 Å². The summed E-state index contributed by atoms with van der Waals surface area (Å²) in [6, 6.07) is 3.78. The molecule has 0 bridgehead atoms. The summed E-state index contributed by atoms with van der Waals surface area (Å²) in [5, 5.41) is 9.37. The van der Waals surface area contributed by atoms with E-state index < -0.39 is 17.3 Å². The van der Waals surface area contributed by atoms with E-state index in [4.69, 9.17) is 9.47 Å². The SMILES string of the molecule is COc1cc2c(cc1OC)C1=C[C@@](C)([C@H](C)C(=O)O)C(=O)N1CC2. The summed E-state index contributed by atoms with van der Waals surface area (Å²) in [7, 11) is 3.15. The maximum Gasteiger partial charge on any atom is 0.307 e. The van der Waals surface area contributed by atoms with Crippen molar-refractivity contribution in [3.8, 4) is 11.5 Å². The first-order valence-corrected chi connectivity index (χ1v) is 7.86. The molecule has 0 fully saturated rings. The number of ether oxygens (including phenoxy) is 2. The van der Waals surface area contributed by atoms with Crippen LogP contribution in [0.15, 0.2) is 18.2 Å². The summed E-state index contributed by atoms with van der Waals surface area (Å²) in [6.07, 6.45) is 2.48. The highest BCUT2D eigenvalue weighted by Gasteiger charge is 2.50. The van der Waals surface area contributed by atoms with Crippen LogP contribution in [0.25, 0.3) is 5.70 Å². The van der Waals surface area contributed by atoms with E-state index in [1.807, 2.05) is 12.1 Å². The third kappa shape index (κ3) is 2.17. The van der Waals surface area contributed by atoms with Gasteiger partial charge in [-0.15, -0.1) is 0 Å². The van der Waals surface area contributed by atoms with E-state index in [0.29, 0.717) is 24.5 Å². The summed E-state index contributed by atoms with van der Waals surface area (Å²) >= 11 is 0. The van der Waals surface area contributed by atoms with E-state index in [0.717, 1.165) is 16.8 Å². The number of hydrogen-bond acceptors (Lipinski definition) is 4. The molecule has 24 heavy (non-hydrogen) atoms. The predicted octanol–water partition coefficient (Wildman–Crippen LogP) is 2.17. The third-order valence-electron chi connectivity index (χ3n) is 5.19. The van der Waals surface area contributed by atoms with Gasteiger partial charge in [0.05, 0.1) is 25.6 Å². The number of nitrogens with zero attached hydrogens (tertiary/aromatic N) is 1. The van der Waals surface area contributed by atoms with Crippen LogP contribution in [-0.2, 0) is 16.0 Å². The van der Waals surface area contributed by atoms with Gasteiger partial charge < -0.3 is 19.5 Å². The van der Waals surface area contributed by atoms with Crippen LogP contribution in [0, 0.1) is 11.3 Å². The van der Waals surface area contributed by atoms with Gasteiger partial charge in [0.2, 0.25) is 5.91 Å². The largest absolute Gasteiger partial charge is 0.493 e. The lowest BCUT2D eigenvalue weighted by Gasteiger charge is -2.31. The summed E-state index contributed by atoms with van der Waals surface area (Å²) in [5.41, 5.74) is 1.68. The molecule has 1 amide bonds. The molecule has 6 nitrogen and oxygen atoms in total. The average Bonchev–Trinajstić information content (AvgIpc) is 2.85. The summed E-state index contributed by atoms with van der Waals surface area (Å²) < 4.78 is 10.7. The minimum Gasteiger partial charge on any atom is -0.493 e. The average molecular weight is 331 g/mol. The number of carboxylic acid groups (broad SMARTS) is 1. The molecular formula is C18H21NO5. The van der Waals surface area contributed by atoms with Crippen molar-refractivity contribution < 1.29 is 24.2 Å². The molecule has 2 aliphatic rings. The predicted molar refractivity (Wildman–Crippen MR) is 87.8 cm³/mol. The van der Waals surface area contributed by atoms with Crippen molar-refractivity contribution in [3.05, 3.63) is 29.3 Å². The standard InChI is InChI=1S/C18H21NO5/c1-10(16(20)21)18(2)9-13-12-8-15(24-4)14(23-3)7-11(12)5-6-19(13)17(18)22/h7-10H,5-6H2,1-4H3,(H,20,21)/t10-,18+/m1/s1. The quantitative estimate of drug-likeness (QED) is 0.915. The lowest BCUT2D eigenvalue weighted by atomic mass is 9.78. The number of benzene rings is 1. The maximum absolute atomic E-state index is 12.8. The molecule has 128 valence electrons. The summed E-state index contributed by atoms with van der Waals surface area (Å²) in [4.78, 5) is 26.0. The number of carboxylic acids is 1. The molecule has 0 aromatic heterocycles. The number of hydrogen-bond donors (Lipinski definition) is 1. The number of fused-ring (bicyclic) bond motifs is 3. The third-order valence-corrected chi connectivity index (χ3v) is 5.19. The van der Waals surface area contributed by atoms with Crippen LogP contribution in [0.2, 0.25) is 0 Å². The minimum atomic E-state index is -1.05. The van der Waals surface area contributed by atoms with Crippen LogP contribution in [0.3, 0.4) is 0 Å². The van der Waals surface area contributed by atoms with E-state index in [2.05, 4.69) is 0 Å². The van der Waals surface area contributed by atoms with Crippen molar-refractivity contribution in [1.82, 2.24) is 4.90 Å². The van der Waals surface area contributed by atoms with Crippen molar-refractivity contribution in [2.75, 3.05) is 20.8 Å². The molecule has 2 aliphatic heterocycles. The second-order valence-electron chi connectivity index (χ2n) is 6.44. The molecule has 3 rings (SSSR count). The molecule has 0 aliphatic carbocycles. The van der Waals surface area contributed by atoms with Crippen LogP contribution in [-0.4, -0.2) is 42.6 Å². The molecule has 0 radical (unpaired) electrons. The Kier molecular flexibility index (Phi) is 3.78. The molecule has 6 heteroatoms. The number of carbonyl (C=O) groups is 2. The number of rotatable bonds is 4. The molecule has 0 saturated heterocycles. The highest BCUT2D eigenvalue weighted by molar-refractivity contribution is 6.02. The Morgan fingerprint density at radius 2 is 1.92 bits per heavy atom. The second-order valence-corrected chi connectivity index (χ2v) is 6.44. The van der Waals surface area contributed by atoms with Gasteiger partial charge in [0.25, 0.3) is 0 Å². The molecule has 0 spiro atoms. The fraction of sp³-hybridized carbons (Fsp3) is 0.444. The topological polar surface area (TPSA) is 76.1 Å². The van der Waals surface area contributed by atoms with E-state index in [1.54, 1.807) is 39.0 Å². The van der Waals surface area contributed by atoms with Gasteiger partial charge in [-0.2, -0.15) is 0 Å². The monoisotopic (exact) mass is 331 g/mol. The van der Waals surface area contributed by atoms with E-state index >= 15 is 0 Å². The molecule has 2 heterocycles. The van der Waals surface area contributed by atoms with Crippen LogP contribution in [0.5, 0.6) is 11.5 Å². The molecule has 1 aromatic carbocycles. The molecule has 2 atom stereocenters. The molecule has 0 unspecified atom stereocenters. The zero-order valence-electron chi connectivity index (χ0n) is 14.3. The van der Waals surface area contributed by atoms with Gasteiger partial charge in [-0.3, -0.25) is 9.59 Å². The maximum atomic E-state index is 12.8. The Morgan fingerprint density at radius 3 is 2.50 bits per heavy atom. The zero-order chi connectivity index (χ0) is 17.6. The minimum absolute atomic E-state index is 0.159. The number of amides is 1. The van der Waals surface area contributed by atoms with Gasteiger partial charge in [0, 0.05) is 17.8 Å². The number of aliphatic carboxylic acids is 1. The first-order valence-electron chi connectivity index (χ1n) is 7.86. The number of carbonyl (C=O) groups excluding carboxylic acids is 1. The Bertz CT molecular complexity index is 754. The van der Waals surface area contributed by atoms with Crippen LogP contribution in [0.4, 0.5) is 0 Å². The molecule has 1 aromatic rings. The highest BCUT2D eigenvalue weighted by Crippen LogP contribution is 2.47. The van der Waals surface area contributed by atoms with Gasteiger partial charge in [-0.1, -0.05) is 6.92 Å².